The first-order valence-corrected chi connectivity index (χ1v) is 7.34. The monoisotopic (exact) mass is 281 g/mol. The number of carbonyl (C=O) groups excluding carboxylic acids is 1. The molecule has 2 rings (SSSR count). The fourth-order valence-electron chi connectivity index (χ4n) is 2.89. The Balaban J connectivity index is 2.11. The van der Waals surface area contributed by atoms with Gasteiger partial charge in [-0.2, -0.15) is 0 Å². The molecule has 0 radical (unpaired) electrons. The maximum Gasteiger partial charge on any atom is 0.179 e. The molecule has 0 amide bonds. The Morgan fingerprint density at radius 3 is 2.85 bits per heavy atom. The van der Waals surface area contributed by atoms with Crippen molar-refractivity contribution >= 4 is 5.78 Å². The van der Waals surface area contributed by atoms with Crippen LogP contribution in [0.1, 0.15) is 49.4 Å². The van der Waals surface area contributed by atoms with Gasteiger partial charge in [-0.25, -0.2) is 8.78 Å². The quantitative estimate of drug-likeness (QED) is 0.782. The number of hydrogen-bond donors (Lipinski definition) is 0. The maximum atomic E-state index is 13.6. The highest BCUT2D eigenvalue weighted by Gasteiger charge is 2.23. The third kappa shape index (κ3) is 3.63. The molecule has 0 aliphatic carbocycles. The van der Waals surface area contributed by atoms with E-state index in [1.807, 2.05) is 0 Å². The minimum atomic E-state index is -0.640. The maximum absolute atomic E-state index is 13.6. The van der Waals surface area contributed by atoms with Crippen molar-refractivity contribution in [3.05, 3.63) is 35.4 Å². The molecule has 110 valence electrons. The second kappa shape index (κ2) is 6.93. The van der Waals surface area contributed by atoms with E-state index in [1.54, 1.807) is 0 Å². The zero-order valence-electron chi connectivity index (χ0n) is 11.9. The van der Waals surface area contributed by atoms with Crippen molar-refractivity contribution in [3.63, 3.8) is 0 Å². The van der Waals surface area contributed by atoms with Gasteiger partial charge in [0, 0.05) is 6.04 Å². The van der Waals surface area contributed by atoms with Gasteiger partial charge in [0.2, 0.25) is 0 Å². The van der Waals surface area contributed by atoms with Gasteiger partial charge >= 0.3 is 0 Å². The summed E-state index contributed by atoms with van der Waals surface area (Å²) in [6, 6.07) is 3.42. The number of benzene rings is 1. The van der Waals surface area contributed by atoms with E-state index < -0.39 is 11.6 Å². The number of likely N-dealkylation sites (tertiary alicyclic amines) is 1. The van der Waals surface area contributed by atoms with Gasteiger partial charge in [0.1, 0.15) is 11.6 Å². The predicted molar refractivity (Wildman–Crippen MR) is 74.8 cm³/mol. The molecule has 1 aromatic carbocycles. The van der Waals surface area contributed by atoms with Crippen LogP contribution < -0.4 is 0 Å². The lowest BCUT2D eigenvalue weighted by Gasteiger charge is -2.28. The zero-order valence-corrected chi connectivity index (χ0v) is 11.9. The normalized spacial score (nSPS) is 20.6. The van der Waals surface area contributed by atoms with E-state index in [9.17, 15) is 13.6 Å². The molecule has 2 nitrogen and oxygen atoms in total. The summed E-state index contributed by atoms with van der Waals surface area (Å²) < 4.78 is 26.8. The molecule has 1 heterocycles. The predicted octanol–water partition coefficient (Wildman–Crippen LogP) is 3.80. The Morgan fingerprint density at radius 2 is 2.10 bits per heavy atom. The Morgan fingerprint density at radius 1 is 1.30 bits per heavy atom. The lowest BCUT2D eigenvalue weighted by molar-refractivity contribution is 0.0886. The van der Waals surface area contributed by atoms with Gasteiger partial charge in [-0.15, -0.1) is 0 Å². The number of Topliss-reactive ketones (excluding diaryl/α,β-unsaturated/α-hetero) is 1. The van der Waals surface area contributed by atoms with Gasteiger partial charge in [0.05, 0.1) is 12.1 Å². The van der Waals surface area contributed by atoms with Crippen molar-refractivity contribution in [2.75, 3.05) is 13.1 Å². The van der Waals surface area contributed by atoms with Gasteiger partial charge in [0.25, 0.3) is 0 Å². The van der Waals surface area contributed by atoms with Crippen LogP contribution in [-0.4, -0.2) is 29.8 Å². The molecule has 1 unspecified atom stereocenters. The lowest BCUT2D eigenvalue weighted by Crippen LogP contribution is -2.38. The fourth-order valence-corrected chi connectivity index (χ4v) is 2.89. The van der Waals surface area contributed by atoms with Crippen LogP contribution in [0.5, 0.6) is 0 Å². The fraction of sp³-hybridized carbons (Fsp3) is 0.562. The smallest absolute Gasteiger partial charge is 0.179 e. The first-order valence-electron chi connectivity index (χ1n) is 7.34. The van der Waals surface area contributed by atoms with Crippen LogP contribution >= 0.6 is 0 Å². The van der Waals surface area contributed by atoms with E-state index in [0.717, 1.165) is 44.0 Å². The summed E-state index contributed by atoms with van der Waals surface area (Å²) in [7, 11) is 0. The Labute approximate surface area is 118 Å². The van der Waals surface area contributed by atoms with Gasteiger partial charge in [-0.05, 0) is 44.0 Å². The van der Waals surface area contributed by atoms with E-state index in [4.69, 9.17) is 0 Å². The molecule has 20 heavy (non-hydrogen) atoms. The molecule has 1 aliphatic rings. The molecule has 0 aromatic heterocycles. The zero-order chi connectivity index (χ0) is 14.5. The third-order valence-electron chi connectivity index (χ3n) is 4.05. The molecule has 1 saturated heterocycles. The topological polar surface area (TPSA) is 20.3 Å². The number of ketones is 1. The van der Waals surface area contributed by atoms with Gasteiger partial charge in [-0.1, -0.05) is 19.8 Å². The third-order valence-corrected chi connectivity index (χ3v) is 4.05. The van der Waals surface area contributed by atoms with E-state index in [0.29, 0.717) is 6.04 Å². The van der Waals surface area contributed by atoms with E-state index >= 15 is 0 Å². The van der Waals surface area contributed by atoms with Gasteiger partial charge in [0.15, 0.2) is 5.78 Å². The Hall–Kier alpha value is -1.29. The van der Waals surface area contributed by atoms with Crippen LogP contribution in [-0.2, 0) is 0 Å². The SMILES string of the molecule is CCC1CCCCCN1CC(=O)c1cc(F)ccc1F. The highest BCUT2D eigenvalue weighted by atomic mass is 19.1. The molecule has 1 aliphatic heterocycles. The second-order valence-corrected chi connectivity index (χ2v) is 5.43. The summed E-state index contributed by atoms with van der Waals surface area (Å²) in [5.74, 6) is -1.54. The summed E-state index contributed by atoms with van der Waals surface area (Å²) in [6.45, 7) is 3.15. The average Bonchev–Trinajstić information content (AvgIpc) is 2.66. The minimum absolute atomic E-state index is 0.135. The highest BCUT2D eigenvalue weighted by Crippen LogP contribution is 2.20. The van der Waals surface area contributed by atoms with Crippen LogP contribution in [0.25, 0.3) is 0 Å². The first kappa shape index (κ1) is 15.1. The number of nitrogens with zero attached hydrogens (tertiary/aromatic N) is 1. The van der Waals surface area contributed by atoms with Gasteiger partial charge in [-0.3, -0.25) is 9.69 Å². The molecule has 4 heteroatoms. The minimum Gasteiger partial charge on any atom is -0.293 e. The summed E-state index contributed by atoms with van der Waals surface area (Å²) >= 11 is 0. The molecule has 1 fully saturated rings. The van der Waals surface area contributed by atoms with Crippen LogP contribution in [0.15, 0.2) is 18.2 Å². The molecular weight excluding hydrogens is 260 g/mol. The van der Waals surface area contributed by atoms with Crippen molar-refractivity contribution in [1.82, 2.24) is 4.90 Å². The molecule has 1 atom stereocenters. The Kier molecular flexibility index (Phi) is 5.24. The lowest BCUT2D eigenvalue weighted by atomic mass is 10.1. The van der Waals surface area contributed by atoms with E-state index in [1.165, 1.54) is 12.8 Å². The molecule has 1 aromatic rings. The average molecular weight is 281 g/mol. The van der Waals surface area contributed by atoms with Crippen LogP contribution in [0, 0.1) is 11.6 Å². The Bertz CT molecular complexity index is 476. The van der Waals surface area contributed by atoms with Crippen LogP contribution in [0.4, 0.5) is 8.78 Å². The van der Waals surface area contributed by atoms with Crippen LogP contribution in [0.2, 0.25) is 0 Å². The molecule has 0 saturated carbocycles. The van der Waals surface area contributed by atoms with Gasteiger partial charge < -0.3 is 0 Å². The van der Waals surface area contributed by atoms with Crippen molar-refractivity contribution in [2.45, 2.75) is 45.1 Å². The van der Waals surface area contributed by atoms with E-state index in [-0.39, 0.29) is 17.9 Å². The summed E-state index contributed by atoms with van der Waals surface area (Å²) in [5.41, 5.74) is -0.135. The molecular formula is C16H21F2NO. The molecule has 0 spiro atoms. The molecule has 0 bridgehead atoms. The highest BCUT2D eigenvalue weighted by molar-refractivity contribution is 5.97. The van der Waals surface area contributed by atoms with E-state index in [2.05, 4.69) is 11.8 Å². The number of carbonyl (C=O) groups is 1. The first-order chi connectivity index (χ1) is 9.61. The molecule has 0 N–H and O–H groups in total. The standard InChI is InChI=1S/C16H21F2NO/c1-2-13-6-4-3-5-9-19(13)11-16(20)14-10-12(17)7-8-15(14)18/h7-8,10,13H,2-6,9,11H2,1H3. The second-order valence-electron chi connectivity index (χ2n) is 5.43. The van der Waals surface area contributed by atoms with Crippen LogP contribution in [0.3, 0.4) is 0 Å². The number of rotatable bonds is 4. The summed E-state index contributed by atoms with van der Waals surface area (Å²) in [5, 5.41) is 0. The summed E-state index contributed by atoms with van der Waals surface area (Å²) in [4.78, 5) is 14.3. The number of halogens is 2. The van der Waals surface area contributed by atoms with Crippen molar-refractivity contribution in [2.24, 2.45) is 0 Å². The van der Waals surface area contributed by atoms with Crippen molar-refractivity contribution < 1.29 is 13.6 Å². The largest absolute Gasteiger partial charge is 0.293 e. The summed E-state index contributed by atoms with van der Waals surface area (Å²) in [6.07, 6.45) is 5.48. The van der Waals surface area contributed by atoms with Crippen molar-refractivity contribution in [3.8, 4) is 0 Å². The number of hydrogen-bond acceptors (Lipinski definition) is 2. The van der Waals surface area contributed by atoms with Crippen molar-refractivity contribution in [1.29, 1.82) is 0 Å².